The predicted octanol–water partition coefficient (Wildman–Crippen LogP) is 0.840. The first-order chi connectivity index (χ1) is 5.92. The number of methoxy groups -OCH3 is 1. The van der Waals surface area contributed by atoms with Gasteiger partial charge < -0.3 is 14.2 Å². The summed E-state index contributed by atoms with van der Waals surface area (Å²) in [4.78, 5) is 10.8. The van der Waals surface area contributed by atoms with Crippen LogP contribution in [0.3, 0.4) is 0 Å². The molecule has 0 saturated carbocycles. The second-order valence-corrected chi connectivity index (χ2v) is 3.80. The molecule has 0 bridgehead atoms. The van der Waals surface area contributed by atoms with Crippen molar-refractivity contribution in [2.75, 3.05) is 7.11 Å². The Bertz CT molecular complexity index is 199. The van der Waals surface area contributed by atoms with E-state index >= 15 is 0 Å². The first kappa shape index (κ1) is 10.3. The van der Waals surface area contributed by atoms with Gasteiger partial charge in [0, 0.05) is 7.11 Å². The second-order valence-electron chi connectivity index (χ2n) is 3.80. The van der Waals surface area contributed by atoms with Gasteiger partial charge in [0.15, 0.2) is 6.23 Å². The molecule has 0 unspecified atom stereocenters. The molecular weight excluding hydrogens is 174 g/mol. The van der Waals surface area contributed by atoms with Gasteiger partial charge >= 0.3 is 6.09 Å². The average molecular weight is 189 g/mol. The van der Waals surface area contributed by atoms with Crippen LogP contribution >= 0.6 is 0 Å². The molecular formula is C8H15NO4. The molecule has 5 heteroatoms. The summed E-state index contributed by atoms with van der Waals surface area (Å²) in [6, 6.07) is 0. The maximum atomic E-state index is 10.8. The summed E-state index contributed by atoms with van der Waals surface area (Å²) in [5, 5.41) is 2.50. The Morgan fingerprint density at radius 1 is 1.46 bits per heavy atom. The first-order valence-electron chi connectivity index (χ1n) is 4.10. The minimum Gasteiger partial charge on any atom is -0.415 e. The van der Waals surface area contributed by atoms with Crippen LogP contribution in [-0.4, -0.2) is 31.3 Å². The van der Waals surface area contributed by atoms with Crippen LogP contribution in [0.4, 0.5) is 4.79 Å². The molecule has 0 aromatic rings. The molecule has 1 N–H and O–H groups in total. The van der Waals surface area contributed by atoms with Gasteiger partial charge in [-0.1, -0.05) is 0 Å². The molecule has 13 heavy (non-hydrogen) atoms. The number of carbonyl (C=O) groups is 1. The monoisotopic (exact) mass is 189 g/mol. The fraction of sp³-hybridized carbons (Fsp3) is 0.875. The maximum absolute atomic E-state index is 10.8. The Balaban J connectivity index is 2.54. The third-order valence-electron chi connectivity index (χ3n) is 1.44. The molecule has 1 amide bonds. The molecule has 0 spiro atoms. The fourth-order valence-corrected chi connectivity index (χ4v) is 1.02. The van der Waals surface area contributed by atoms with Gasteiger partial charge in [0.05, 0.1) is 5.60 Å². The minimum atomic E-state index is -0.660. The minimum absolute atomic E-state index is 0.345. The van der Waals surface area contributed by atoms with Gasteiger partial charge in [-0.25, -0.2) is 4.79 Å². The zero-order valence-corrected chi connectivity index (χ0v) is 8.29. The zero-order chi connectivity index (χ0) is 10.1. The third-order valence-corrected chi connectivity index (χ3v) is 1.44. The van der Waals surface area contributed by atoms with E-state index in [1.165, 1.54) is 7.11 Å². The highest BCUT2D eigenvalue weighted by Crippen LogP contribution is 2.17. The summed E-state index contributed by atoms with van der Waals surface area (Å²) in [5.74, 6) is 0. The number of cyclic esters (lactones) is 1. The van der Waals surface area contributed by atoms with Gasteiger partial charge in [0.1, 0.15) is 0 Å². The number of amides is 1. The third kappa shape index (κ3) is 2.86. The molecule has 1 aliphatic heterocycles. The molecule has 0 aromatic heterocycles. The number of rotatable bonds is 2. The maximum Gasteiger partial charge on any atom is 0.411 e. The van der Waals surface area contributed by atoms with Gasteiger partial charge in [0.2, 0.25) is 6.29 Å². The highest BCUT2D eigenvalue weighted by atomic mass is 16.7. The van der Waals surface area contributed by atoms with E-state index in [4.69, 9.17) is 14.2 Å². The molecule has 1 saturated heterocycles. The molecule has 76 valence electrons. The van der Waals surface area contributed by atoms with Crippen LogP contribution in [0.2, 0.25) is 0 Å². The van der Waals surface area contributed by atoms with Crippen molar-refractivity contribution in [3.05, 3.63) is 0 Å². The van der Waals surface area contributed by atoms with Crippen LogP contribution in [0.5, 0.6) is 0 Å². The molecule has 0 aliphatic carbocycles. The molecule has 2 atom stereocenters. The quantitative estimate of drug-likeness (QED) is 0.699. The summed E-state index contributed by atoms with van der Waals surface area (Å²) in [5.41, 5.74) is -0.345. The number of hydrogen-bond donors (Lipinski definition) is 1. The lowest BCUT2D eigenvalue weighted by molar-refractivity contribution is -0.171. The topological polar surface area (TPSA) is 56.8 Å². The Labute approximate surface area is 77.3 Å². The Morgan fingerprint density at radius 2 is 2.08 bits per heavy atom. The summed E-state index contributed by atoms with van der Waals surface area (Å²) in [6.45, 7) is 5.68. The molecule has 5 nitrogen and oxygen atoms in total. The van der Waals surface area contributed by atoms with Crippen LogP contribution in [-0.2, 0) is 14.2 Å². The van der Waals surface area contributed by atoms with Crippen molar-refractivity contribution < 1.29 is 19.0 Å². The van der Waals surface area contributed by atoms with Gasteiger partial charge in [-0.2, -0.15) is 0 Å². The summed E-state index contributed by atoms with van der Waals surface area (Å²) in [6.07, 6.45) is -1.70. The standard InChI is InChI=1S/C8H15NO4/c1-8(2,3)13-5-6(11-4)12-7(10)9-5/h5-6H,1-4H3,(H,9,10)/t5-,6+/m1/s1. The molecule has 0 radical (unpaired) electrons. The van der Waals surface area contributed by atoms with Gasteiger partial charge in [-0.05, 0) is 20.8 Å². The fourth-order valence-electron chi connectivity index (χ4n) is 1.02. The average Bonchev–Trinajstić information content (AvgIpc) is 2.27. The number of hydrogen-bond acceptors (Lipinski definition) is 4. The van der Waals surface area contributed by atoms with Crippen LogP contribution in [0, 0.1) is 0 Å². The van der Waals surface area contributed by atoms with E-state index in [9.17, 15) is 4.79 Å². The van der Waals surface area contributed by atoms with E-state index in [-0.39, 0.29) is 5.60 Å². The highest BCUT2D eigenvalue weighted by Gasteiger charge is 2.37. The van der Waals surface area contributed by atoms with Crippen LogP contribution < -0.4 is 5.32 Å². The van der Waals surface area contributed by atoms with E-state index in [1.54, 1.807) is 0 Å². The van der Waals surface area contributed by atoms with Crippen molar-refractivity contribution in [3.8, 4) is 0 Å². The van der Waals surface area contributed by atoms with Crippen LogP contribution in [0.15, 0.2) is 0 Å². The Kier molecular flexibility index (Phi) is 2.77. The first-order valence-corrected chi connectivity index (χ1v) is 4.10. The predicted molar refractivity (Wildman–Crippen MR) is 45.0 cm³/mol. The van der Waals surface area contributed by atoms with Gasteiger partial charge in [0.25, 0.3) is 0 Å². The van der Waals surface area contributed by atoms with E-state index in [0.717, 1.165) is 0 Å². The molecule has 1 heterocycles. The summed E-state index contributed by atoms with van der Waals surface area (Å²) < 4.78 is 15.2. The lowest BCUT2D eigenvalue weighted by Crippen LogP contribution is -2.41. The van der Waals surface area contributed by atoms with Crippen LogP contribution in [0.25, 0.3) is 0 Å². The molecule has 1 fully saturated rings. The zero-order valence-electron chi connectivity index (χ0n) is 8.29. The van der Waals surface area contributed by atoms with Crippen molar-refractivity contribution in [2.45, 2.75) is 38.9 Å². The summed E-state index contributed by atoms with van der Waals surface area (Å²) in [7, 11) is 1.46. The van der Waals surface area contributed by atoms with Crippen molar-refractivity contribution >= 4 is 6.09 Å². The number of ether oxygens (including phenoxy) is 3. The smallest absolute Gasteiger partial charge is 0.411 e. The second kappa shape index (κ2) is 3.51. The number of alkyl carbamates (subject to hydrolysis) is 1. The molecule has 1 aliphatic rings. The SMILES string of the molecule is CO[C@H]1OC(=O)N[C@@H]1OC(C)(C)C. The van der Waals surface area contributed by atoms with Crippen molar-refractivity contribution in [3.63, 3.8) is 0 Å². The van der Waals surface area contributed by atoms with Crippen molar-refractivity contribution in [1.29, 1.82) is 0 Å². The lowest BCUT2D eigenvalue weighted by atomic mass is 10.2. The van der Waals surface area contributed by atoms with Gasteiger partial charge in [-0.15, -0.1) is 0 Å². The lowest BCUT2D eigenvalue weighted by Gasteiger charge is -2.25. The Hall–Kier alpha value is -0.810. The highest BCUT2D eigenvalue weighted by molar-refractivity contribution is 5.69. The van der Waals surface area contributed by atoms with E-state index in [0.29, 0.717) is 0 Å². The molecule has 1 rings (SSSR count). The van der Waals surface area contributed by atoms with E-state index < -0.39 is 18.6 Å². The largest absolute Gasteiger partial charge is 0.415 e. The number of nitrogens with one attached hydrogen (secondary N) is 1. The Morgan fingerprint density at radius 3 is 2.54 bits per heavy atom. The normalized spacial score (nSPS) is 28.5. The summed E-state index contributed by atoms with van der Waals surface area (Å²) >= 11 is 0. The molecule has 0 aromatic carbocycles. The van der Waals surface area contributed by atoms with E-state index in [1.807, 2.05) is 20.8 Å². The van der Waals surface area contributed by atoms with Crippen molar-refractivity contribution in [1.82, 2.24) is 5.32 Å². The number of carbonyl (C=O) groups excluding carboxylic acids is 1. The van der Waals surface area contributed by atoms with Gasteiger partial charge in [-0.3, -0.25) is 5.32 Å². The van der Waals surface area contributed by atoms with E-state index in [2.05, 4.69) is 5.32 Å². The van der Waals surface area contributed by atoms with Crippen LogP contribution in [0.1, 0.15) is 20.8 Å². The van der Waals surface area contributed by atoms with Crippen molar-refractivity contribution in [2.24, 2.45) is 0 Å².